The van der Waals surface area contributed by atoms with E-state index in [0.717, 1.165) is 5.69 Å². The standard InChI is InChI=1S/C11H17N3O3/c1-6-9(7(2)14-13-6)12-8(15)5-11(3,4)10(16)17/h5H2,1-4H3,(H,12,15)(H,13,14)(H,16,17). The maximum atomic E-state index is 11.7. The molecule has 0 aliphatic rings. The molecule has 6 heteroatoms. The monoisotopic (exact) mass is 239 g/mol. The largest absolute Gasteiger partial charge is 0.481 e. The lowest BCUT2D eigenvalue weighted by Crippen LogP contribution is -2.29. The van der Waals surface area contributed by atoms with Gasteiger partial charge in [0, 0.05) is 6.42 Å². The highest BCUT2D eigenvalue weighted by Crippen LogP contribution is 2.23. The molecule has 0 bridgehead atoms. The van der Waals surface area contributed by atoms with Gasteiger partial charge in [0.2, 0.25) is 5.91 Å². The molecule has 0 fully saturated rings. The molecule has 1 aromatic rings. The highest BCUT2D eigenvalue weighted by atomic mass is 16.4. The molecule has 94 valence electrons. The molecule has 0 unspecified atom stereocenters. The minimum Gasteiger partial charge on any atom is -0.481 e. The maximum absolute atomic E-state index is 11.7. The summed E-state index contributed by atoms with van der Waals surface area (Å²) in [4.78, 5) is 22.6. The van der Waals surface area contributed by atoms with Gasteiger partial charge in [0.15, 0.2) is 0 Å². The van der Waals surface area contributed by atoms with Crippen molar-refractivity contribution in [1.82, 2.24) is 10.2 Å². The Bertz CT molecular complexity index is 429. The Labute approximate surface area is 99.4 Å². The maximum Gasteiger partial charge on any atom is 0.309 e. The molecule has 6 nitrogen and oxygen atoms in total. The summed E-state index contributed by atoms with van der Waals surface area (Å²) >= 11 is 0. The van der Waals surface area contributed by atoms with E-state index >= 15 is 0 Å². The Morgan fingerprint density at radius 2 is 2.00 bits per heavy atom. The van der Waals surface area contributed by atoms with Crippen LogP contribution in [-0.2, 0) is 9.59 Å². The van der Waals surface area contributed by atoms with Crippen LogP contribution in [-0.4, -0.2) is 27.2 Å². The number of aromatic amines is 1. The number of anilines is 1. The minimum absolute atomic E-state index is 0.0770. The van der Waals surface area contributed by atoms with Crippen LogP contribution in [0.15, 0.2) is 0 Å². The van der Waals surface area contributed by atoms with Gasteiger partial charge in [-0.3, -0.25) is 14.7 Å². The fourth-order valence-corrected chi connectivity index (χ4v) is 1.40. The summed E-state index contributed by atoms with van der Waals surface area (Å²) in [5.74, 6) is -1.32. The smallest absolute Gasteiger partial charge is 0.309 e. The van der Waals surface area contributed by atoms with Crippen molar-refractivity contribution in [2.24, 2.45) is 5.41 Å². The summed E-state index contributed by atoms with van der Waals surface area (Å²) in [6.45, 7) is 6.59. The van der Waals surface area contributed by atoms with Gasteiger partial charge in [0.25, 0.3) is 0 Å². The number of hydrogen-bond donors (Lipinski definition) is 3. The van der Waals surface area contributed by atoms with Crippen LogP contribution >= 0.6 is 0 Å². The van der Waals surface area contributed by atoms with Crippen molar-refractivity contribution in [1.29, 1.82) is 0 Å². The number of nitrogens with zero attached hydrogens (tertiary/aromatic N) is 1. The third-order valence-corrected chi connectivity index (χ3v) is 2.57. The van der Waals surface area contributed by atoms with Gasteiger partial charge in [0.05, 0.1) is 22.5 Å². The molecule has 0 atom stereocenters. The van der Waals surface area contributed by atoms with Gasteiger partial charge in [-0.2, -0.15) is 5.10 Å². The molecule has 1 amide bonds. The zero-order valence-corrected chi connectivity index (χ0v) is 10.4. The summed E-state index contributed by atoms with van der Waals surface area (Å²) in [7, 11) is 0. The van der Waals surface area contributed by atoms with Crippen molar-refractivity contribution in [2.45, 2.75) is 34.1 Å². The Morgan fingerprint density at radius 1 is 1.41 bits per heavy atom. The molecule has 0 spiro atoms. The second-order valence-electron chi connectivity index (χ2n) is 4.72. The van der Waals surface area contributed by atoms with Crippen molar-refractivity contribution in [3.63, 3.8) is 0 Å². The fraction of sp³-hybridized carbons (Fsp3) is 0.545. The highest BCUT2D eigenvalue weighted by molar-refractivity contribution is 5.94. The van der Waals surface area contributed by atoms with E-state index < -0.39 is 11.4 Å². The molecule has 1 rings (SSSR count). The van der Waals surface area contributed by atoms with Crippen molar-refractivity contribution in [3.05, 3.63) is 11.4 Å². The number of rotatable bonds is 4. The molecule has 0 radical (unpaired) electrons. The zero-order valence-electron chi connectivity index (χ0n) is 10.4. The number of carbonyl (C=O) groups excluding carboxylic acids is 1. The molecule has 0 aliphatic heterocycles. The molecule has 0 saturated heterocycles. The van der Waals surface area contributed by atoms with E-state index in [2.05, 4.69) is 15.5 Å². The first-order valence-corrected chi connectivity index (χ1v) is 5.29. The lowest BCUT2D eigenvalue weighted by atomic mass is 9.89. The van der Waals surface area contributed by atoms with Crippen molar-refractivity contribution in [2.75, 3.05) is 5.32 Å². The van der Waals surface area contributed by atoms with Gasteiger partial charge in [-0.05, 0) is 27.7 Å². The lowest BCUT2D eigenvalue weighted by molar-refractivity contribution is -0.148. The fourth-order valence-electron chi connectivity index (χ4n) is 1.40. The molecule has 1 aromatic heterocycles. The first kappa shape index (κ1) is 13.2. The molecule has 17 heavy (non-hydrogen) atoms. The van der Waals surface area contributed by atoms with Crippen LogP contribution < -0.4 is 5.32 Å². The highest BCUT2D eigenvalue weighted by Gasteiger charge is 2.30. The Kier molecular flexibility index (Phi) is 3.55. The van der Waals surface area contributed by atoms with Crippen molar-refractivity contribution >= 4 is 17.6 Å². The van der Waals surface area contributed by atoms with Crippen LogP contribution in [0.4, 0.5) is 5.69 Å². The quantitative estimate of drug-likeness (QED) is 0.741. The average molecular weight is 239 g/mol. The van der Waals surface area contributed by atoms with Gasteiger partial charge in [0.1, 0.15) is 0 Å². The zero-order chi connectivity index (χ0) is 13.2. The summed E-state index contributed by atoms with van der Waals surface area (Å²) in [5, 5.41) is 18.3. The molecule has 0 aliphatic carbocycles. The van der Waals surface area contributed by atoms with Gasteiger partial charge in [-0.25, -0.2) is 0 Å². The molecule has 1 heterocycles. The number of amides is 1. The number of aryl methyl sites for hydroxylation is 2. The summed E-state index contributed by atoms with van der Waals surface area (Å²) in [6, 6.07) is 0. The molecule has 0 saturated carbocycles. The Hall–Kier alpha value is -1.85. The molecule has 3 N–H and O–H groups in total. The van der Waals surface area contributed by atoms with E-state index in [9.17, 15) is 9.59 Å². The SMILES string of the molecule is Cc1n[nH]c(C)c1NC(=O)CC(C)(C)C(=O)O. The van der Waals surface area contributed by atoms with Crippen LogP contribution in [0.25, 0.3) is 0 Å². The topological polar surface area (TPSA) is 95.1 Å². The Balaban J connectivity index is 2.72. The average Bonchev–Trinajstić information content (AvgIpc) is 2.48. The van der Waals surface area contributed by atoms with Crippen LogP contribution in [0.1, 0.15) is 31.7 Å². The van der Waals surface area contributed by atoms with E-state index in [-0.39, 0.29) is 12.3 Å². The number of carboxylic acid groups (broad SMARTS) is 1. The number of hydrogen-bond acceptors (Lipinski definition) is 3. The van der Waals surface area contributed by atoms with Crippen LogP contribution in [0.3, 0.4) is 0 Å². The normalized spacial score (nSPS) is 11.3. The van der Waals surface area contributed by atoms with Crippen LogP contribution in [0.2, 0.25) is 0 Å². The predicted octanol–water partition coefficient (Wildman–Crippen LogP) is 1.47. The number of carbonyl (C=O) groups is 2. The second kappa shape index (κ2) is 4.57. The van der Waals surface area contributed by atoms with Gasteiger partial charge < -0.3 is 10.4 Å². The number of carboxylic acids is 1. The summed E-state index contributed by atoms with van der Waals surface area (Å²) < 4.78 is 0. The second-order valence-corrected chi connectivity index (χ2v) is 4.72. The van der Waals surface area contributed by atoms with Gasteiger partial charge in [-0.15, -0.1) is 0 Å². The number of H-pyrrole nitrogens is 1. The van der Waals surface area contributed by atoms with Gasteiger partial charge in [-0.1, -0.05) is 0 Å². The molecular weight excluding hydrogens is 222 g/mol. The van der Waals surface area contributed by atoms with Gasteiger partial charge >= 0.3 is 5.97 Å². The summed E-state index contributed by atoms with van der Waals surface area (Å²) in [6.07, 6.45) is -0.0770. The van der Waals surface area contributed by atoms with Crippen LogP contribution in [0.5, 0.6) is 0 Å². The minimum atomic E-state index is -1.07. The van der Waals surface area contributed by atoms with Crippen molar-refractivity contribution < 1.29 is 14.7 Å². The van der Waals surface area contributed by atoms with E-state index in [1.807, 2.05) is 0 Å². The van der Waals surface area contributed by atoms with E-state index in [0.29, 0.717) is 11.4 Å². The molecular formula is C11H17N3O3. The molecule has 0 aromatic carbocycles. The third kappa shape index (κ3) is 3.05. The number of aromatic nitrogens is 2. The predicted molar refractivity (Wildman–Crippen MR) is 62.7 cm³/mol. The third-order valence-electron chi connectivity index (χ3n) is 2.57. The number of nitrogens with one attached hydrogen (secondary N) is 2. The van der Waals surface area contributed by atoms with E-state index in [1.54, 1.807) is 13.8 Å². The first-order valence-electron chi connectivity index (χ1n) is 5.29. The van der Waals surface area contributed by atoms with Crippen LogP contribution in [0, 0.1) is 19.3 Å². The Morgan fingerprint density at radius 3 is 2.41 bits per heavy atom. The lowest BCUT2D eigenvalue weighted by Gasteiger charge is -2.18. The first-order chi connectivity index (χ1) is 7.74. The van der Waals surface area contributed by atoms with Crippen molar-refractivity contribution in [3.8, 4) is 0 Å². The van der Waals surface area contributed by atoms with E-state index in [4.69, 9.17) is 5.11 Å². The van der Waals surface area contributed by atoms with E-state index in [1.165, 1.54) is 13.8 Å². The summed E-state index contributed by atoms with van der Waals surface area (Å²) in [5.41, 5.74) is 0.986. The number of aliphatic carboxylic acids is 1.